The lowest BCUT2D eigenvalue weighted by Crippen LogP contribution is -2.56. The summed E-state index contributed by atoms with van der Waals surface area (Å²) in [6.07, 6.45) is 10.6. The van der Waals surface area contributed by atoms with Gasteiger partial charge in [-0.3, -0.25) is 4.79 Å². The Hall–Kier alpha value is -0.630. The average molecular weight is 304 g/mol. The summed E-state index contributed by atoms with van der Waals surface area (Å²) in [7, 11) is 0. The number of aldehydes is 1. The Morgan fingerprint density at radius 1 is 1.23 bits per heavy atom. The summed E-state index contributed by atoms with van der Waals surface area (Å²) >= 11 is 0. The normalized spacial score (nSPS) is 51.0. The molecule has 1 saturated heterocycles. The maximum atomic E-state index is 10.7. The number of allylic oxidation sites excluding steroid dienone is 2. The maximum absolute atomic E-state index is 10.7. The number of carbonyl (C=O) groups excluding carboxylic acids is 1. The molecule has 2 nitrogen and oxygen atoms in total. The second-order valence-corrected chi connectivity index (χ2v) is 8.86. The van der Waals surface area contributed by atoms with E-state index in [0.717, 1.165) is 24.5 Å². The van der Waals surface area contributed by atoms with Crippen molar-refractivity contribution in [1.82, 2.24) is 0 Å². The SMILES string of the molecule is C/C(=C\C=O)CC[C@@]1(C)[C@H](C)CC[C@]2(C)[C@@H]1CC[C@H]1O[C@]12C. The molecule has 2 aliphatic carbocycles. The molecule has 0 aromatic heterocycles. The van der Waals surface area contributed by atoms with E-state index in [4.69, 9.17) is 4.74 Å². The number of hydrogen-bond acceptors (Lipinski definition) is 2. The summed E-state index contributed by atoms with van der Waals surface area (Å²) in [5, 5.41) is 0. The molecule has 0 aromatic rings. The Balaban J connectivity index is 1.85. The first kappa shape index (κ1) is 16.2. The van der Waals surface area contributed by atoms with Gasteiger partial charge in [-0.25, -0.2) is 0 Å². The Kier molecular flexibility index (Phi) is 3.83. The molecule has 0 aromatic carbocycles. The minimum Gasteiger partial charge on any atom is -0.366 e. The van der Waals surface area contributed by atoms with Gasteiger partial charge in [-0.1, -0.05) is 26.3 Å². The number of epoxide rings is 1. The third kappa shape index (κ3) is 2.13. The molecule has 0 N–H and O–H groups in total. The van der Waals surface area contributed by atoms with Gasteiger partial charge in [0, 0.05) is 5.41 Å². The summed E-state index contributed by atoms with van der Waals surface area (Å²) < 4.78 is 6.17. The standard InChI is InChI=1S/C20H32O2/c1-14(10-13-21)8-11-18(3)15(2)9-12-19(4)16(18)6-7-17-20(19,5)22-17/h10,13,15-17H,6-9,11-12H2,1-5H3/b14-10+/t15-,16-,17-,18+,19-,20-/m1/s1. The zero-order valence-corrected chi connectivity index (χ0v) is 14.9. The highest BCUT2D eigenvalue weighted by Crippen LogP contribution is 2.70. The van der Waals surface area contributed by atoms with E-state index in [2.05, 4.69) is 34.6 Å². The third-order valence-electron chi connectivity index (χ3n) is 7.99. The van der Waals surface area contributed by atoms with Crippen LogP contribution in [0.25, 0.3) is 0 Å². The van der Waals surface area contributed by atoms with Gasteiger partial charge in [0.25, 0.3) is 0 Å². The van der Waals surface area contributed by atoms with Crippen molar-refractivity contribution in [2.45, 2.75) is 84.8 Å². The van der Waals surface area contributed by atoms with Gasteiger partial charge >= 0.3 is 0 Å². The highest BCUT2D eigenvalue weighted by atomic mass is 16.6. The van der Waals surface area contributed by atoms with Crippen molar-refractivity contribution in [3.63, 3.8) is 0 Å². The molecule has 0 unspecified atom stereocenters. The van der Waals surface area contributed by atoms with Crippen molar-refractivity contribution >= 4 is 6.29 Å². The number of ether oxygens (including phenoxy) is 1. The van der Waals surface area contributed by atoms with E-state index >= 15 is 0 Å². The molecule has 2 saturated carbocycles. The van der Waals surface area contributed by atoms with E-state index in [1.807, 2.05) is 0 Å². The summed E-state index contributed by atoms with van der Waals surface area (Å²) in [6, 6.07) is 0. The molecule has 3 rings (SSSR count). The highest BCUT2D eigenvalue weighted by molar-refractivity contribution is 5.65. The van der Waals surface area contributed by atoms with Crippen LogP contribution in [0, 0.1) is 22.7 Å². The van der Waals surface area contributed by atoms with Crippen LogP contribution < -0.4 is 0 Å². The van der Waals surface area contributed by atoms with Crippen LogP contribution in [0.5, 0.6) is 0 Å². The van der Waals surface area contributed by atoms with E-state index in [1.165, 1.54) is 37.7 Å². The van der Waals surface area contributed by atoms with E-state index in [-0.39, 0.29) is 5.60 Å². The van der Waals surface area contributed by atoms with Gasteiger partial charge in [0.05, 0.1) is 11.7 Å². The fourth-order valence-corrected chi connectivity index (χ4v) is 5.84. The van der Waals surface area contributed by atoms with Crippen LogP contribution in [0.2, 0.25) is 0 Å². The monoisotopic (exact) mass is 304 g/mol. The number of fused-ring (bicyclic) bond motifs is 3. The van der Waals surface area contributed by atoms with Gasteiger partial charge in [-0.05, 0) is 75.7 Å². The van der Waals surface area contributed by atoms with Gasteiger partial charge < -0.3 is 4.74 Å². The molecule has 1 aliphatic heterocycles. The van der Waals surface area contributed by atoms with Crippen LogP contribution >= 0.6 is 0 Å². The Morgan fingerprint density at radius 3 is 2.64 bits per heavy atom. The van der Waals surface area contributed by atoms with Crippen molar-refractivity contribution in [3.8, 4) is 0 Å². The summed E-state index contributed by atoms with van der Waals surface area (Å²) in [6.45, 7) is 11.9. The second-order valence-electron chi connectivity index (χ2n) is 8.86. The molecule has 0 spiro atoms. The van der Waals surface area contributed by atoms with Gasteiger partial charge in [-0.2, -0.15) is 0 Å². The quantitative estimate of drug-likeness (QED) is 0.419. The average Bonchev–Trinajstić information content (AvgIpc) is 3.15. The van der Waals surface area contributed by atoms with Gasteiger partial charge in [0.1, 0.15) is 6.29 Å². The number of hydrogen-bond donors (Lipinski definition) is 0. The van der Waals surface area contributed by atoms with Crippen molar-refractivity contribution in [3.05, 3.63) is 11.6 Å². The lowest BCUT2D eigenvalue weighted by atomic mass is 9.44. The lowest BCUT2D eigenvalue weighted by molar-refractivity contribution is -0.104. The molecule has 0 amide bonds. The summed E-state index contributed by atoms with van der Waals surface area (Å²) in [5.41, 5.74) is 2.05. The zero-order chi connectivity index (χ0) is 16.2. The zero-order valence-electron chi connectivity index (χ0n) is 14.9. The number of carbonyl (C=O) groups is 1. The highest BCUT2D eigenvalue weighted by Gasteiger charge is 2.71. The fourth-order valence-electron chi connectivity index (χ4n) is 5.84. The van der Waals surface area contributed by atoms with Crippen molar-refractivity contribution in [2.24, 2.45) is 22.7 Å². The van der Waals surface area contributed by atoms with E-state index in [0.29, 0.717) is 16.9 Å². The Bertz CT molecular complexity index is 496. The van der Waals surface area contributed by atoms with Crippen LogP contribution in [0.15, 0.2) is 11.6 Å². The maximum Gasteiger partial charge on any atom is 0.142 e. The smallest absolute Gasteiger partial charge is 0.142 e. The molecule has 0 radical (unpaired) electrons. The predicted octanol–water partition coefficient (Wildman–Crippen LogP) is 4.92. The molecule has 124 valence electrons. The summed E-state index contributed by atoms with van der Waals surface area (Å²) in [5.74, 6) is 1.50. The van der Waals surface area contributed by atoms with Gasteiger partial charge in [0.2, 0.25) is 0 Å². The molecule has 3 fully saturated rings. The molecular formula is C20H32O2. The summed E-state index contributed by atoms with van der Waals surface area (Å²) in [4.78, 5) is 10.7. The van der Waals surface area contributed by atoms with Crippen LogP contribution in [0.1, 0.15) is 73.1 Å². The first-order chi connectivity index (χ1) is 10.3. The van der Waals surface area contributed by atoms with E-state index < -0.39 is 0 Å². The van der Waals surface area contributed by atoms with E-state index in [9.17, 15) is 4.79 Å². The molecular weight excluding hydrogens is 272 g/mol. The molecule has 2 heteroatoms. The fraction of sp³-hybridized carbons (Fsp3) is 0.850. The van der Waals surface area contributed by atoms with Crippen LogP contribution in [-0.2, 0) is 9.53 Å². The first-order valence-corrected chi connectivity index (χ1v) is 9.06. The Morgan fingerprint density at radius 2 is 1.95 bits per heavy atom. The topological polar surface area (TPSA) is 29.6 Å². The largest absolute Gasteiger partial charge is 0.366 e. The van der Waals surface area contributed by atoms with Crippen molar-refractivity contribution in [2.75, 3.05) is 0 Å². The van der Waals surface area contributed by atoms with Crippen LogP contribution in [-0.4, -0.2) is 18.0 Å². The minimum absolute atomic E-state index is 0.130. The molecule has 6 atom stereocenters. The third-order valence-corrected chi connectivity index (χ3v) is 7.99. The van der Waals surface area contributed by atoms with Gasteiger partial charge in [-0.15, -0.1) is 0 Å². The van der Waals surface area contributed by atoms with E-state index in [1.54, 1.807) is 6.08 Å². The van der Waals surface area contributed by atoms with Gasteiger partial charge in [0.15, 0.2) is 0 Å². The van der Waals surface area contributed by atoms with Crippen molar-refractivity contribution in [1.29, 1.82) is 0 Å². The van der Waals surface area contributed by atoms with Crippen LogP contribution in [0.3, 0.4) is 0 Å². The molecule has 0 bridgehead atoms. The first-order valence-electron chi connectivity index (χ1n) is 9.06. The van der Waals surface area contributed by atoms with Crippen molar-refractivity contribution < 1.29 is 9.53 Å². The second kappa shape index (κ2) is 5.19. The Labute approximate surface area is 135 Å². The lowest BCUT2D eigenvalue weighted by Gasteiger charge is -2.59. The molecule has 3 aliphatic rings. The predicted molar refractivity (Wildman–Crippen MR) is 89.7 cm³/mol. The minimum atomic E-state index is 0.130. The molecule has 22 heavy (non-hydrogen) atoms. The molecule has 1 heterocycles. The van der Waals surface area contributed by atoms with Crippen LogP contribution in [0.4, 0.5) is 0 Å². The number of rotatable bonds is 4.